The van der Waals surface area contributed by atoms with Gasteiger partial charge >= 0.3 is 16.2 Å². The van der Waals surface area contributed by atoms with Gasteiger partial charge in [-0.05, 0) is 12.5 Å². The molecule has 0 saturated heterocycles. The molecule has 9 heteroatoms. The maximum Gasteiger partial charge on any atom is 0.337 e. The summed E-state index contributed by atoms with van der Waals surface area (Å²) >= 11 is 0. The fourth-order valence-corrected chi connectivity index (χ4v) is 3.22. The highest BCUT2D eigenvalue weighted by Crippen LogP contribution is 2.27. The summed E-state index contributed by atoms with van der Waals surface area (Å²) in [5.74, 6) is -2.58. The summed E-state index contributed by atoms with van der Waals surface area (Å²) < 4.78 is 46.2. The van der Waals surface area contributed by atoms with Gasteiger partial charge in [0.2, 0.25) is 0 Å². The Kier molecular flexibility index (Phi) is 4.67. The molecule has 22 heavy (non-hydrogen) atoms. The van der Waals surface area contributed by atoms with Gasteiger partial charge in [0, 0.05) is 19.2 Å². The fourth-order valence-electron chi connectivity index (χ4n) is 2.01. The molecule has 0 fully saturated rings. The second-order valence-electron chi connectivity index (χ2n) is 4.56. The highest BCUT2D eigenvalue weighted by Gasteiger charge is 2.25. The highest BCUT2D eigenvalue weighted by atomic mass is 32.2. The zero-order chi connectivity index (χ0) is 16.3. The molecule has 1 aromatic carbocycles. The van der Waals surface area contributed by atoms with Crippen molar-refractivity contribution in [2.45, 2.75) is 6.42 Å². The smallest absolute Gasteiger partial charge is 0.337 e. The number of halogens is 1. The van der Waals surface area contributed by atoms with Crippen molar-refractivity contribution in [1.82, 2.24) is 4.31 Å². The topological polar surface area (TPSA) is 95.9 Å². The Balaban J connectivity index is 2.39. The number of carbonyl (C=O) groups is 1. The highest BCUT2D eigenvalue weighted by molar-refractivity contribution is 7.90. The summed E-state index contributed by atoms with van der Waals surface area (Å²) in [4.78, 5) is 11.2. The molecular weight excluding hydrogens is 315 g/mol. The minimum Gasteiger partial charge on any atom is -0.494 e. The van der Waals surface area contributed by atoms with Crippen LogP contribution in [0.1, 0.15) is 16.8 Å². The lowest BCUT2D eigenvalue weighted by Crippen LogP contribution is -2.38. The molecule has 0 radical (unpaired) electrons. The predicted octanol–water partition coefficient (Wildman–Crippen LogP) is 1.45. The molecule has 120 valence electrons. The summed E-state index contributed by atoms with van der Waals surface area (Å²) in [6.07, 6.45) is 4.13. The summed E-state index contributed by atoms with van der Waals surface area (Å²) in [7, 11) is -2.74. The lowest BCUT2D eigenvalue weighted by Gasteiger charge is -2.24. The Bertz CT molecular complexity index is 717. The third-order valence-corrected chi connectivity index (χ3v) is 4.61. The van der Waals surface area contributed by atoms with E-state index in [0.29, 0.717) is 6.42 Å². The Hall–Kier alpha value is -2.13. The lowest BCUT2D eigenvalue weighted by atomic mass is 10.1. The van der Waals surface area contributed by atoms with Crippen molar-refractivity contribution in [2.75, 3.05) is 24.9 Å². The first-order valence-electron chi connectivity index (χ1n) is 6.39. The van der Waals surface area contributed by atoms with E-state index in [-0.39, 0.29) is 24.5 Å². The Morgan fingerprint density at radius 1 is 1.41 bits per heavy atom. The Labute approximate surface area is 127 Å². The van der Waals surface area contributed by atoms with Crippen molar-refractivity contribution in [3.8, 4) is 5.75 Å². The number of nitrogens with one attached hydrogen (secondary N) is 1. The van der Waals surface area contributed by atoms with Gasteiger partial charge in [-0.15, -0.1) is 0 Å². The zero-order valence-electron chi connectivity index (χ0n) is 11.7. The van der Waals surface area contributed by atoms with Crippen molar-refractivity contribution in [3.63, 3.8) is 0 Å². The number of nitrogens with zero attached hydrogens (tertiary/aromatic N) is 1. The molecule has 7 nitrogen and oxygen atoms in total. The number of carboxylic acid groups (broad SMARTS) is 1. The van der Waals surface area contributed by atoms with Crippen LogP contribution in [-0.2, 0) is 10.2 Å². The van der Waals surface area contributed by atoms with Gasteiger partial charge in [-0.25, -0.2) is 9.18 Å². The normalized spacial score (nSPS) is 15.5. The van der Waals surface area contributed by atoms with Gasteiger partial charge in [0.1, 0.15) is 0 Å². The van der Waals surface area contributed by atoms with E-state index < -0.39 is 27.6 Å². The van der Waals surface area contributed by atoms with Gasteiger partial charge in [-0.3, -0.25) is 4.72 Å². The molecule has 0 saturated carbocycles. The van der Waals surface area contributed by atoms with E-state index in [1.165, 1.54) is 7.11 Å². The van der Waals surface area contributed by atoms with E-state index in [2.05, 4.69) is 4.72 Å². The molecule has 0 atom stereocenters. The number of aromatic carboxylic acids is 1. The SMILES string of the molecule is COc1cc(NS(=O)(=O)N2CC=CCC2)c(C(=O)O)cc1F. The van der Waals surface area contributed by atoms with Crippen molar-refractivity contribution in [3.05, 3.63) is 35.7 Å². The van der Waals surface area contributed by atoms with Crippen molar-refractivity contribution in [1.29, 1.82) is 0 Å². The lowest BCUT2D eigenvalue weighted by molar-refractivity contribution is 0.0697. The van der Waals surface area contributed by atoms with Crippen LogP contribution in [0.3, 0.4) is 0 Å². The second-order valence-corrected chi connectivity index (χ2v) is 6.23. The molecule has 2 N–H and O–H groups in total. The van der Waals surface area contributed by atoms with Gasteiger partial charge in [0.15, 0.2) is 11.6 Å². The summed E-state index contributed by atoms with van der Waals surface area (Å²) in [6, 6.07) is 1.73. The maximum atomic E-state index is 13.6. The van der Waals surface area contributed by atoms with Crippen molar-refractivity contribution >= 4 is 21.9 Å². The van der Waals surface area contributed by atoms with E-state index in [9.17, 15) is 17.6 Å². The van der Waals surface area contributed by atoms with Crippen LogP contribution in [0.15, 0.2) is 24.3 Å². The van der Waals surface area contributed by atoms with E-state index in [0.717, 1.165) is 16.4 Å². The quantitative estimate of drug-likeness (QED) is 0.797. The molecule has 0 aromatic heterocycles. The van der Waals surface area contributed by atoms with Crippen LogP contribution in [0.2, 0.25) is 0 Å². The van der Waals surface area contributed by atoms with Gasteiger partial charge < -0.3 is 9.84 Å². The van der Waals surface area contributed by atoms with Crippen LogP contribution < -0.4 is 9.46 Å². The van der Waals surface area contributed by atoms with E-state index in [4.69, 9.17) is 9.84 Å². The number of anilines is 1. The third-order valence-electron chi connectivity index (χ3n) is 3.12. The zero-order valence-corrected chi connectivity index (χ0v) is 12.6. The van der Waals surface area contributed by atoms with E-state index in [1.54, 1.807) is 6.08 Å². The first kappa shape index (κ1) is 16.2. The minimum atomic E-state index is -3.94. The molecule has 0 amide bonds. The van der Waals surface area contributed by atoms with E-state index in [1.807, 2.05) is 6.08 Å². The first-order valence-corrected chi connectivity index (χ1v) is 7.83. The third kappa shape index (κ3) is 3.37. The average Bonchev–Trinajstić information content (AvgIpc) is 2.49. The predicted molar refractivity (Wildman–Crippen MR) is 77.8 cm³/mol. The van der Waals surface area contributed by atoms with E-state index >= 15 is 0 Å². The summed E-state index contributed by atoms with van der Waals surface area (Å²) in [5.41, 5.74) is -0.741. The van der Waals surface area contributed by atoms with Gasteiger partial charge in [0.25, 0.3) is 0 Å². The number of hydrogen-bond donors (Lipinski definition) is 2. The van der Waals surface area contributed by atoms with Crippen LogP contribution in [0, 0.1) is 5.82 Å². The number of hydrogen-bond acceptors (Lipinski definition) is 4. The molecule has 0 bridgehead atoms. The molecule has 1 aliphatic heterocycles. The average molecular weight is 330 g/mol. The molecule has 0 aliphatic carbocycles. The van der Waals surface area contributed by atoms with Crippen molar-refractivity contribution in [2.24, 2.45) is 0 Å². The molecule has 1 aromatic rings. The number of methoxy groups -OCH3 is 1. The molecule has 0 spiro atoms. The minimum absolute atomic E-state index is 0.191. The number of rotatable bonds is 5. The number of carboxylic acids is 1. The van der Waals surface area contributed by atoms with Crippen LogP contribution in [0.4, 0.5) is 10.1 Å². The molecule has 0 unspecified atom stereocenters. The van der Waals surface area contributed by atoms with Gasteiger partial charge in [0.05, 0.1) is 18.4 Å². The van der Waals surface area contributed by atoms with Crippen molar-refractivity contribution < 1.29 is 27.4 Å². The first-order chi connectivity index (χ1) is 10.3. The van der Waals surface area contributed by atoms with Crippen LogP contribution in [-0.4, -0.2) is 44.0 Å². The molecule has 1 heterocycles. The van der Waals surface area contributed by atoms with Crippen LogP contribution >= 0.6 is 0 Å². The fraction of sp³-hybridized carbons (Fsp3) is 0.308. The summed E-state index contributed by atoms with van der Waals surface area (Å²) in [6.45, 7) is 0.475. The Morgan fingerprint density at radius 2 is 2.14 bits per heavy atom. The van der Waals surface area contributed by atoms with Gasteiger partial charge in [-0.2, -0.15) is 12.7 Å². The summed E-state index contributed by atoms with van der Waals surface area (Å²) in [5, 5.41) is 9.09. The Morgan fingerprint density at radius 3 is 2.68 bits per heavy atom. The van der Waals surface area contributed by atoms with Crippen LogP contribution in [0.5, 0.6) is 5.75 Å². The monoisotopic (exact) mass is 330 g/mol. The number of benzene rings is 1. The standard InChI is InChI=1S/C13H15FN2O5S/c1-21-12-8-11(9(13(17)18)7-10(12)14)15-22(19,20)16-5-3-2-4-6-16/h2-3,7-8,15H,4-6H2,1H3,(H,17,18). The largest absolute Gasteiger partial charge is 0.494 e. The van der Waals surface area contributed by atoms with Gasteiger partial charge in [-0.1, -0.05) is 12.2 Å². The molecule has 2 rings (SSSR count). The molecular formula is C13H15FN2O5S. The maximum absolute atomic E-state index is 13.6. The van der Waals surface area contributed by atoms with Crippen LogP contribution in [0.25, 0.3) is 0 Å². The second kappa shape index (κ2) is 6.32. The number of ether oxygens (including phenoxy) is 1. The molecule has 1 aliphatic rings.